The average Bonchev–Trinajstić information content (AvgIpc) is 4.36. The summed E-state index contributed by atoms with van der Waals surface area (Å²) in [5.41, 5.74) is 13.9. The molecule has 6 heterocycles. The predicted molar refractivity (Wildman–Crippen MR) is 333 cm³/mol. The van der Waals surface area contributed by atoms with E-state index in [2.05, 4.69) is 121 Å². The molecular weight excluding hydrogens is 1010 g/mol. The van der Waals surface area contributed by atoms with Gasteiger partial charge in [-0.2, -0.15) is 45.7 Å². The summed E-state index contributed by atoms with van der Waals surface area (Å²) in [6.45, 7) is 32.9. The van der Waals surface area contributed by atoms with Gasteiger partial charge < -0.3 is 1.43 Å². The van der Waals surface area contributed by atoms with Gasteiger partial charge in [-0.15, -0.1) is 38.0 Å². The van der Waals surface area contributed by atoms with E-state index in [0.29, 0.717) is 0 Å². The molecule has 12 aromatic rings. The van der Waals surface area contributed by atoms with Crippen molar-refractivity contribution in [2.75, 3.05) is 0 Å². The fourth-order valence-electron chi connectivity index (χ4n) is 7.63. The van der Waals surface area contributed by atoms with Crippen molar-refractivity contribution >= 4 is 65.8 Å². The molecule has 0 saturated carbocycles. The number of unbranched alkanes of at least 4 members (excludes halogenated alkanes) is 2. The second-order valence-electron chi connectivity index (χ2n) is 19.5. The number of hydrogen-bond acceptors (Lipinski definition) is 9. The molecule has 0 saturated heterocycles. The van der Waals surface area contributed by atoms with E-state index in [1.54, 1.807) is 4.80 Å². The number of fused-ring (bicyclic) bond motifs is 6. The molecule has 0 amide bonds. The first-order valence-corrected chi connectivity index (χ1v) is 27.1. The first kappa shape index (κ1) is 63.5. The van der Waals surface area contributed by atoms with Gasteiger partial charge in [-0.1, -0.05) is 144 Å². The Morgan fingerprint density at radius 3 is 1.58 bits per heavy atom. The Hall–Kier alpha value is -8.37. The zero-order valence-electron chi connectivity index (χ0n) is 49.3. The first-order chi connectivity index (χ1) is 38.9. The summed E-state index contributed by atoms with van der Waals surface area (Å²) in [4.78, 5) is 1.74. The number of allylic oxidation sites excluding steroid dienone is 5. The summed E-state index contributed by atoms with van der Waals surface area (Å²) in [5, 5.41) is 46.3. The SMILES string of the molecule is C=C(C)CCn1cc2ccccc2n1.C=C(C)CCn1nc2ccccc2n1.C=C(C)CCn1ncc2ccccc21.C=C(C)CCn1nnc2ccccc21.C=CCCCC.[H-].[Na+].c1ccc2[nH]ncc2c1.c1ccc2n[nH]nc2c1. The number of nitrogens with one attached hydrogen (secondary N) is 2. The number of aromatic nitrogens is 15. The third kappa shape index (κ3) is 21.7. The fraction of sp³-hybridized carbons (Fsp3) is 0.246. The molecule has 6 aromatic carbocycles. The molecule has 16 heteroatoms. The number of hydrogen-bond donors (Lipinski definition) is 2. The standard InChI is InChI=1S/2C12H14N2.2C11H13N3.C7H6N2.C6H5N3.C6H12.Na.H/c1-10(2)7-8-14-9-11-5-3-4-6-12(11)13-14;1-10(2)7-8-14-12-6-4-3-5-11(12)9-13-14;1-9(2)7-8-14-11-6-4-3-5-10(11)12-13-14;1-9(2)7-8-14-12-10-5-3-4-6-11(10)13-14;1-2-4-7-6(3-1)5-8-9-7;1-2-4-6-5(3-1)7-9-8-6;1-3-5-6-4-2;;/h2*3-6,9H,1,7-8H2,2H3;2*3-6H,1,7-8H2,2H3;1-5H,(H,8,9);1-4H,(H,7,8,9);3H,1,4-6H2,2H3;;/q;;;;;;;+1;-1. The number of benzene rings is 6. The van der Waals surface area contributed by atoms with Crippen molar-refractivity contribution in [3.63, 3.8) is 0 Å². The summed E-state index contributed by atoms with van der Waals surface area (Å²) < 4.78 is 5.94. The minimum absolute atomic E-state index is 0. The molecule has 0 aliphatic carbocycles. The van der Waals surface area contributed by atoms with Crippen LogP contribution >= 0.6 is 0 Å². The van der Waals surface area contributed by atoms with Crippen molar-refractivity contribution < 1.29 is 31.0 Å². The quantitative estimate of drug-likeness (QED) is 0.0577. The Balaban J connectivity index is 0.000000208. The molecule has 0 spiro atoms. The third-order valence-electron chi connectivity index (χ3n) is 12.1. The van der Waals surface area contributed by atoms with Gasteiger partial charge in [-0.3, -0.25) is 14.5 Å². The summed E-state index contributed by atoms with van der Waals surface area (Å²) in [6.07, 6.45) is 15.4. The molecule has 12 rings (SSSR count). The van der Waals surface area contributed by atoms with Gasteiger partial charge in [0.1, 0.15) is 27.6 Å². The number of aryl methyl sites for hydroxylation is 4. The maximum atomic E-state index is 4.46. The van der Waals surface area contributed by atoms with E-state index in [9.17, 15) is 0 Å². The van der Waals surface area contributed by atoms with Crippen LogP contribution in [0.25, 0.3) is 65.8 Å². The number of aromatic amines is 2. The van der Waals surface area contributed by atoms with Crippen molar-refractivity contribution in [1.82, 2.24) is 75.2 Å². The summed E-state index contributed by atoms with van der Waals surface area (Å²) in [6, 6.07) is 48.0. The smallest absolute Gasteiger partial charge is 1.00 e. The van der Waals surface area contributed by atoms with E-state index in [1.165, 1.54) is 52.3 Å². The van der Waals surface area contributed by atoms with E-state index >= 15 is 0 Å². The van der Waals surface area contributed by atoms with Crippen LogP contribution in [0, 0.1) is 0 Å². The van der Waals surface area contributed by atoms with Gasteiger partial charge in [-0.25, -0.2) is 4.68 Å². The molecule has 15 nitrogen and oxygen atoms in total. The molecule has 0 aliphatic heterocycles. The minimum Gasteiger partial charge on any atom is -1.00 e. The molecule has 6 aromatic heterocycles. The van der Waals surface area contributed by atoms with Gasteiger partial charge in [0.15, 0.2) is 0 Å². The summed E-state index contributed by atoms with van der Waals surface area (Å²) >= 11 is 0. The molecule has 0 bridgehead atoms. The van der Waals surface area contributed by atoms with Crippen LogP contribution in [0.2, 0.25) is 0 Å². The molecule has 0 unspecified atom stereocenters. The predicted octanol–water partition coefficient (Wildman–Crippen LogP) is 12.8. The van der Waals surface area contributed by atoms with E-state index in [0.717, 1.165) is 107 Å². The minimum atomic E-state index is 0. The molecule has 0 aliphatic rings. The van der Waals surface area contributed by atoms with Crippen molar-refractivity contribution in [2.45, 2.75) is 106 Å². The normalized spacial score (nSPS) is 10.2. The van der Waals surface area contributed by atoms with E-state index in [4.69, 9.17) is 0 Å². The van der Waals surface area contributed by atoms with Crippen molar-refractivity contribution in [2.24, 2.45) is 0 Å². The zero-order valence-corrected chi connectivity index (χ0v) is 50.3. The number of H-pyrrole nitrogens is 2. The second kappa shape index (κ2) is 34.6. The van der Waals surface area contributed by atoms with E-state index in [1.807, 2.05) is 188 Å². The van der Waals surface area contributed by atoms with Gasteiger partial charge in [0.05, 0.1) is 41.0 Å². The molecule has 0 radical (unpaired) electrons. The topological polar surface area (TPSA) is 167 Å². The van der Waals surface area contributed by atoms with E-state index < -0.39 is 0 Å². The monoisotopic (exact) mass is 1090 g/mol. The molecular formula is C65H78N15Na. The average molecular weight is 1090 g/mol. The van der Waals surface area contributed by atoms with Crippen LogP contribution in [0.3, 0.4) is 0 Å². The largest absolute Gasteiger partial charge is 1.00 e. The number of nitrogens with zero attached hydrogens (tertiary/aromatic N) is 13. The van der Waals surface area contributed by atoms with Gasteiger partial charge in [0, 0.05) is 42.0 Å². The fourth-order valence-corrected chi connectivity index (χ4v) is 7.63. The van der Waals surface area contributed by atoms with Crippen LogP contribution in [0.5, 0.6) is 0 Å². The van der Waals surface area contributed by atoms with Crippen LogP contribution in [0.4, 0.5) is 0 Å². The third-order valence-corrected chi connectivity index (χ3v) is 12.1. The van der Waals surface area contributed by atoms with Crippen LogP contribution < -0.4 is 29.6 Å². The molecule has 2 N–H and O–H groups in total. The Morgan fingerprint density at radius 2 is 1.01 bits per heavy atom. The summed E-state index contributed by atoms with van der Waals surface area (Å²) in [5.74, 6) is 0. The van der Waals surface area contributed by atoms with Crippen LogP contribution in [0.1, 0.15) is 81.0 Å². The van der Waals surface area contributed by atoms with Crippen molar-refractivity contribution in [3.05, 3.63) is 225 Å². The summed E-state index contributed by atoms with van der Waals surface area (Å²) in [7, 11) is 0. The molecule has 0 fully saturated rings. The Morgan fingerprint density at radius 1 is 0.519 bits per heavy atom. The molecule has 414 valence electrons. The van der Waals surface area contributed by atoms with Crippen molar-refractivity contribution in [1.29, 1.82) is 0 Å². The number of para-hydroxylation sites is 5. The molecule has 81 heavy (non-hydrogen) atoms. The maximum absolute atomic E-state index is 4.46. The van der Waals surface area contributed by atoms with Crippen LogP contribution in [-0.4, -0.2) is 75.2 Å². The van der Waals surface area contributed by atoms with Gasteiger partial charge in [-0.05, 0) is 114 Å². The second-order valence-corrected chi connectivity index (χ2v) is 19.5. The Bertz CT molecular complexity index is 3430. The first-order valence-electron chi connectivity index (χ1n) is 27.1. The number of rotatable bonds is 15. The van der Waals surface area contributed by atoms with Crippen LogP contribution in [-0.2, 0) is 26.2 Å². The van der Waals surface area contributed by atoms with Gasteiger partial charge in [0.2, 0.25) is 0 Å². The Labute approximate surface area is 500 Å². The zero-order chi connectivity index (χ0) is 56.9. The van der Waals surface area contributed by atoms with Gasteiger partial charge in [0.25, 0.3) is 0 Å². The maximum Gasteiger partial charge on any atom is 1.00 e. The van der Waals surface area contributed by atoms with Crippen molar-refractivity contribution in [3.8, 4) is 0 Å². The molecule has 0 atom stereocenters. The van der Waals surface area contributed by atoms with Crippen LogP contribution in [0.15, 0.2) is 225 Å². The Kier molecular flexibility index (Phi) is 27.1. The van der Waals surface area contributed by atoms with E-state index in [-0.39, 0.29) is 31.0 Å². The van der Waals surface area contributed by atoms with Gasteiger partial charge >= 0.3 is 29.6 Å².